The highest BCUT2D eigenvalue weighted by atomic mass is 35.5. The number of amides is 2. The maximum atomic E-state index is 13.8. The molecule has 0 aliphatic rings. The monoisotopic (exact) mass is 707 g/mol. The van der Waals surface area contributed by atoms with Crippen molar-refractivity contribution in [2.24, 2.45) is 0 Å². The van der Waals surface area contributed by atoms with Crippen molar-refractivity contribution in [1.82, 2.24) is 10.3 Å². The molecule has 0 saturated heterocycles. The molecule has 0 fully saturated rings. The largest absolute Gasteiger partial charge is 0.490 e. The number of sulfone groups is 1. The van der Waals surface area contributed by atoms with Gasteiger partial charge >= 0.3 is 12.1 Å². The van der Waals surface area contributed by atoms with Gasteiger partial charge in [-0.15, -0.1) is 0 Å². The fraction of sp³-hybridized carbons (Fsp3) is 0.250. The van der Waals surface area contributed by atoms with Crippen LogP contribution < -0.4 is 21.7 Å². The van der Waals surface area contributed by atoms with Gasteiger partial charge in [0.1, 0.15) is 11.9 Å². The first-order valence-corrected chi connectivity index (χ1v) is 16.4. The number of hydrogen-bond donors (Lipinski definition) is 5. The summed E-state index contributed by atoms with van der Waals surface area (Å²) in [5, 5.41) is 18.3. The van der Waals surface area contributed by atoms with Gasteiger partial charge in [0.2, 0.25) is 11.8 Å². The average Bonchev–Trinajstić information content (AvgIpc) is 3.02. The molecule has 0 aliphatic heterocycles. The van der Waals surface area contributed by atoms with Crippen LogP contribution in [0.1, 0.15) is 43.5 Å². The Labute approximate surface area is 279 Å². The third-order valence-corrected chi connectivity index (χ3v) is 9.14. The topological polar surface area (TPSA) is 181 Å². The van der Waals surface area contributed by atoms with Crippen LogP contribution in [-0.4, -0.2) is 48.2 Å². The molecule has 2 amide bonds. The maximum absolute atomic E-state index is 13.8. The summed E-state index contributed by atoms with van der Waals surface area (Å²) >= 11 is 6.36. The van der Waals surface area contributed by atoms with Crippen LogP contribution in [0, 0.1) is 0 Å². The van der Waals surface area contributed by atoms with E-state index in [1.165, 1.54) is 19.1 Å². The lowest BCUT2D eigenvalue weighted by Crippen LogP contribution is -2.33. The van der Waals surface area contributed by atoms with Gasteiger partial charge in [0, 0.05) is 41.4 Å². The number of nitrogens with two attached hydrogens (primary N) is 1. The first kappa shape index (κ1) is 37.6. The van der Waals surface area contributed by atoms with Crippen molar-refractivity contribution in [2.75, 3.05) is 22.1 Å². The average molecular weight is 708 g/mol. The van der Waals surface area contributed by atoms with E-state index in [9.17, 15) is 31.2 Å². The molecule has 6 N–H and O–H groups in total. The van der Waals surface area contributed by atoms with Crippen LogP contribution in [0.3, 0.4) is 0 Å². The number of benzene rings is 3. The Balaban J connectivity index is 0.000000804. The van der Waals surface area contributed by atoms with Crippen molar-refractivity contribution in [2.45, 2.75) is 50.9 Å². The molecule has 4 aromatic rings. The number of anilines is 3. The predicted octanol–water partition coefficient (Wildman–Crippen LogP) is 5.89. The number of rotatable bonds is 10. The molecule has 0 spiro atoms. The molecular formula is C32H33ClF3N5O6S. The third kappa shape index (κ3) is 9.81. The van der Waals surface area contributed by atoms with E-state index in [1.807, 2.05) is 37.3 Å². The fourth-order valence-corrected chi connectivity index (χ4v) is 5.91. The highest BCUT2D eigenvalue weighted by Crippen LogP contribution is 2.29. The Morgan fingerprint density at radius 3 is 2.25 bits per heavy atom. The molecule has 1 atom stereocenters. The standard InChI is InChI=1S/C30H32ClN5O4S.C2HF3O2/c1-4-19-14-21(6-10-26(19)31)28(36-24-7-9-25-20(15-24)12-13-33-29(25)32)30(38)34-17-22-16-23(35-18(3)37)8-11-27(22)41(39,40)5-2;3-2(4,5)1(6)7/h6-16,28,36H,4-5,17H2,1-3H3,(H2,32,33)(H,34,38)(H,35,37);(H,6,7). The van der Waals surface area contributed by atoms with E-state index in [1.54, 1.807) is 31.3 Å². The summed E-state index contributed by atoms with van der Waals surface area (Å²) in [7, 11) is -3.59. The fourth-order valence-electron chi connectivity index (χ4n) is 4.55. The summed E-state index contributed by atoms with van der Waals surface area (Å²) in [6, 6.07) is 16.5. The summed E-state index contributed by atoms with van der Waals surface area (Å²) in [6.45, 7) is 4.82. The molecule has 1 heterocycles. The molecule has 3 aromatic carbocycles. The van der Waals surface area contributed by atoms with Gasteiger partial charge in [-0.25, -0.2) is 18.2 Å². The number of nitrogens with one attached hydrogen (secondary N) is 3. The number of nitrogens with zero attached hydrogens (tertiary/aromatic N) is 1. The minimum absolute atomic E-state index is 0.0762. The SMILES string of the molecule is CCc1cc(C(Nc2ccc3c(N)nccc3c2)C(=O)NCc2cc(NC(C)=O)ccc2S(=O)(=O)CC)ccc1Cl.O=C(O)C(F)(F)F. The number of carbonyl (C=O) groups excluding carboxylic acids is 2. The van der Waals surface area contributed by atoms with Crippen LogP contribution in [0.15, 0.2) is 71.8 Å². The van der Waals surface area contributed by atoms with Crippen LogP contribution in [0.2, 0.25) is 5.02 Å². The first-order valence-electron chi connectivity index (χ1n) is 14.4. The van der Waals surface area contributed by atoms with Crippen molar-refractivity contribution < 1.29 is 41.1 Å². The number of carboxylic acids is 1. The molecule has 1 unspecified atom stereocenters. The number of aromatic nitrogens is 1. The quantitative estimate of drug-likeness (QED) is 0.134. The van der Waals surface area contributed by atoms with Gasteiger partial charge in [-0.2, -0.15) is 13.2 Å². The van der Waals surface area contributed by atoms with Crippen molar-refractivity contribution >= 4 is 67.2 Å². The molecule has 48 heavy (non-hydrogen) atoms. The number of nitrogen functional groups attached to an aromatic ring is 1. The lowest BCUT2D eigenvalue weighted by molar-refractivity contribution is -0.192. The molecule has 256 valence electrons. The van der Waals surface area contributed by atoms with E-state index in [-0.39, 0.29) is 29.0 Å². The van der Waals surface area contributed by atoms with Crippen molar-refractivity contribution in [3.8, 4) is 0 Å². The summed E-state index contributed by atoms with van der Waals surface area (Å²) < 4.78 is 57.3. The molecule has 0 radical (unpaired) electrons. The molecule has 4 rings (SSSR count). The second-order valence-corrected chi connectivity index (χ2v) is 13.0. The van der Waals surface area contributed by atoms with Gasteiger partial charge < -0.3 is 26.8 Å². The molecule has 0 aliphatic carbocycles. The minimum atomic E-state index is -5.08. The van der Waals surface area contributed by atoms with Gasteiger partial charge in [0.15, 0.2) is 9.84 Å². The van der Waals surface area contributed by atoms with Crippen molar-refractivity contribution in [1.29, 1.82) is 0 Å². The Morgan fingerprint density at radius 1 is 0.979 bits per heavy atom. The normalized spacial score (nSPS) is 12.0. The van der Waals surface area contributed by atoms with Crippen molar-refractivity contribution in [3.05, 3.63) is 88.6 Å². The Kier molecular flexibility index (Phi) is 12.4. The molecule has 16 heteroatoms. The van der Waals surface area contributed by atoms with E-state index >= 15 is 0 Å². The van der Waals surface area contributed by atoms with Crippen LogP contribution in [-0.2, 0) is 37.2 Å². The molecule has 0 bridgehead atoms. The minimum Gasteiger partial charge on any atom is -0.475 e. The van der Waals surface area contributed by atoms with E-state index in [0.29, 0.717) is 39.8 Å². The zero-order valence-corrected chi connectivity index (χ0v) is 27.6. The summed E-state index contributed by atoms with van der Waals surface area (Å²) in [6.07, 6.45) is -2.78. The van der Waals surface area contributed by atoms with Crippen LogP contribution >= 0.6 is 11.6 Å². The summed E-state index contributed by atoms with van der Waals surface area (Å²) in [5.41, 5.74) is 9.06. The molecule has 0 saturated carbocycles. The van der Waals surface area contributed by atoms with Crippen LogP contribution in [0.5, 0.6) is 0 Å². The first-order chi connectivity index (χ1) is 22.5. The number of fused-ring (bicyclic) bond motifs is 1. The summed E-state index contributed by atoms with van der Waals surface area (Å²) in [5.74, 6) is -3.13. The van der Waals surface area contributed by atoms with E-state index < -0.39 is 28.0 Å². The molecule has 11 nitrogen and oxygen atoms in total. The number of pyridine rings is 1. The van der Waals surface area contributed by atoms with Gasteiger partial charge in [-0.05, 0) is 77.0 Å². The summed E-state index contributed by atoms with van der Waals surface area (Å²) in [4.78, 5) is 38.5. The third-order valence-electron chi connectivity index (χ3n) is 6.94. The number of aliphatic carboxylic acids is 1. The van der Waals surface area contributed by atoms with Crippen LogP contribution in [0.25, 0.3) is 10.8 Å². The van der Waals surface area contributed by atoms with E-state index in [4.69, 9.17) is 27.2 Å². The second kappa shape index (κ2) is 15.8. The van der Waals surface area contributed by atoms with E-state index in [0.717, 1.165) is 16.3 Å². The lowest BCUT2D eigenvalue weighted by atomic mass is 10.0. The Bertz CT molecular complexity index is 1940. The zero-order valence-electron chi connectivity index (χ0n) is 26.0. The number of alkyl halides is 3. The van der Waals surface area contributed by atoms with Gasteiger partial charge in [-0.1, -0.05) is 37.6 Å². The Morgan fingerprint density at radius 2 is 1.65 bits per heavy atom. The van der Waals surface area contributed by atoms with Gasteiger partial charge in [0.05, 0.1) is 10.6 Å². The highest BCUT2D eigenvalue weighted by Gasteiger charge is 2.38. The molecule has 1 aromatic heterocycles. The zero-order chi connectivity index (χ0) is 35.8. The molecular weight excluding hydrogens is 675 g/mol. The van der Waals surface area contributed by atoms with Gasteiger partial charge in [-0.3, -0.25) is 9.59 Å². The number of aryl methyl sites for hydroxylation is 1. The second-order valence-electron chi connectivity index (χ2n) is 10.3. The van der Waals surface area contributed by atoms with Gasteiger partial charge in [0.25, 0.3) is 0 Å². The Hall–Kier alpha value is -4.89. The number of hydrogen-bond acceptors (Lipinski definition) is 8. The highest BCUT2D eigenvalue weighted by molar-refractivity contribution is 7.91. The smallest absolute Gasteiger partial charge is 0.475 e. The number of carbonyl (C=O) groups is 3. The number of carboxylic acid groups (broad SMARTS) is 1. The maximum Gasteiger partial charge on any atom is 0.490 e. The van der Waals surface area contributed by atoms with Crippen LogP contribution in [0.4, 0.5) is 30.4 Å². The van der Waals surface area contributed by atoms with Crippen molar-refractivity contribution in [3.63, 3.8) is 0 Å². The van der Waals surface area contributed by atoms with E-state index in [2.05, 4.69) is 20.9 Å². The lowest BCUT2D eigenvalue weighted by Gasteiger charge is -2.22. The number of halogens is 4. The predicted molar refractivity (Wildman–Crippen MR) is 177 cm³/mol.